The van der Waals surface area contributed by atoms with Crippen LogP contribution >= 0.6 is 11.8 Å². The monoisotopic (exact) mass is 199 g/mol. The first-order valence-corrected chi connectivity index (χ1v) is 4.71. The minimum absolute atomic E-state index is 0.221. The third-order valence-electron chi connectivity index (χ3n) is 1.68. The van der Waals surface area contributed by atoms with E-state index in [1.165, 1.54) is 0 Å². The first kappa shape index (κ1) is 6.49. The average Bonchev–Trinajstić information content (AvgIpc) is 2.16. The molecule has 13 heavy (non-hydrogen) atoms. The van der Waals surface area contributed by atoms with Crippen molar-refractivity contribution in [2.24, 2.45) is 0 Å². The zero-order valence-electron chi connectivity index (χ0n) is 9.93. The van der Waals surface area contributed by atoms with Crippen LogP contribution in [0.4, 0.5) is 0 Å². The van der Waals surface area contributed by atoms with Gasteiger partial charge < -0.3 is 5.11 Å². The smallest absolute Gasteiger partial charge is 0.316 e. The normalized spacial score (nSPS) is 16.8. The van der Waals surface area contributed by atoms with Crippen LogP contribution in [0.3, 0.4) is 0 Å². The first-order valence-electron chi connectivity index (χ1n) is 5.33. The van der Waals surface area contributed by atoms with Crippen LogP contribution in [0, 0.1) is 0 Å². The SMILES string of the molecule is [2H]C([2H])([2H])SC(Cc1ccccc1)C(=O)O. The van der Waals surface area contributed by atoms with Gasteiger partial charge in [0.15, 0.2) is 0 Å². The van der Waals surface area contributed by atoms with Gasteiger partial charge in [0.05, 0.1) is 0 Å². The molecule has 0 aliphatic rings. The summed E-state index contributed by atoms with van der Waals surface area (Å²) < 4.78 is 21.2. The van der Waals surface area contributed by atoms with Crippen LogP contribution in [0.15, 0.2) is 30.3 Å². The van der Waals surface area contributed by atoms with Crippen LogP contribution in [0.2, 0.25) is 0 Å². The Morgan fingerprint density at radius 3 is 2.85 bits per heavy atom. The van der Waals surface area contributed by atoms with Gasteiger partial charge in [0.25, 0.3) is 0 Å². The molecule has 0 bridgehead atoms. The summed E-state index contributed by atoms with van der Waals surface area (Å²) in [6, 6.07) is 9.00. The van der Waals surface area contributed by atoms with Gasteiger partial charge >= 0.3 is 5.97 Å². The lowest BCUT2D eigenvalue weighted by Crippen LogP contribution is -2.18. The van der Waals surface area contributed by atoms with Gasteiger partial charge in [0.2, 0.25) is 0 Å². The van der Waals surface area contributed by atoms with Crippen molar-refractivity contribution in [1.82, 2.24) is 0 Å². The highest BCUT2D eigenvalue weighted by Crippen LogP contribution is 2.13. The van der Waals surface area contributed by atoms with Crippen molar-refractivity contribution in [3.63, 3.8) is 0 Å². The largest absolute Gasteiger partial charge is 0.480 e. The van der Waals surface area contributed by atoms with E-state index in [0.29, 0.717) is 11.8 Å². The van der Waals surface area contributed by atoms with Crippen molar-refractivity contribution in [3.05, 3.63) is 35.9 Å². The van der Waals surface area contributed by atoms with Crippen LogP contribution in [0.25, 0.3) is 0 Å². The molecule has 0 aromatic heterocycles. The van der Waals surface area contributed by atoms with E-state index in [2.05, 4.69) is 0 Å². The summed E-state index contributed by atoms with van der Waals surface area (Å²) in [5, 5.41) is 7.99. The minimum Gasteiger partial charge on any atom is -0.480 e. The Morgan fingerprint density at radius 1 is 1.62 bits per heavy atom. The summed E-state index contributed by atoms with van der Waals surface area (Å²) >= 11 is 0.505. The Kier molecular flexibility index (Phi) is 2.46. The minimum atomic E-state index is -2.28. The standard InChI is InChI=1S/C10H12O2S/c1-13-9(10(11)12)7-8-5-3-2-4-6-8/h2-6,9H,7H2,1H3,(H,11,12)/i1D3. The highest BCUT2D eigenvalue weighted by molar-refractivity contribution is 7.99. The van der Waals surface area contributed by atoms with E-state index in [1.807, 2.05) is 6.07 Å². The van der Waals surface area contributed by atoms with Crippen molar-refractivity contribution in [1.29, 1.82) is 0 Å². The van der Waals surface area contributed by atoms with Crippen molar-refractivity contribution in [3.8, 4) is 0 Å². The predicted molar refractivity (Wildman–Crippen MR) is 55.1 cm³/mol. The molecular weight excluding hydrogens is 184 g/mol. The molecule has 1 N–H and O–H groups in total. The molecule has 1 aromatic carbocycles. The zero-order chi connectivity index (χ0) is 12.2. The lowest BCUT2D eigenvalue weighted by atomic mass is 10.1. The molecule has 1 unspecified atom stereocenters. The molecule has 0 saturated carbocycles. The van der Waals surface area contributed by atoms with Gasteiger partial charge in [0, 0.05) is 4.11 Å². The molecule has 0 saturated heterocycles. The molecule has 0 aliphatic carbocycles. The van der Waals surface area contributed by atoms with E-state index in [4.69, 9.17) is 9.22 Å². The summed E-state index contributed by atoms with van der Waals surface area (Å²) in [6.45, 7) is 0. The van der Waals surface area contributed by atoms with Gasteiger partial charge in [-0.1, -0.05) is 30.3 Å². The van der Waals surface area contributed by atoms with Crippen LogP contribution in [-0.2, 0) is 11.2 Å². The first-order chi connectivity index (χ1) is 7.38. The van der Waals surface area contributed by atoms with Gasteiger partial charge in [0.1, 0.15) is 5.25 Å². The second-order valence-corrected chi connectivity index (χ2v) is 3.44. The fourth-order valence-corrected chi connectivity index (χ4v) is 1.38. The van der Waals surface area contributed by atoms with E-state index in [0.717, 1.165) is 5.56 Å². The zero-order valence-corrected chi connectivity index (χ0v) is 7.75. The number of thioether (sulfide) groups is 1. The molecule has 0 radical (unpaired) electrons. The summed E-state index contributed by atoms with van der Waals surface area (Å²) in [5.41, 5.74) is 0.826. The Morgan fingerprint density at radius 2 is 2.31 bits per heavy atom. The molecule has 70 valence electrons. The van der Waals surface area contributed by atoms with Crippen molar-refractivity contribution in [2.75, 3.05) is 6.18 Å². The van der Waals surface area contributed by atoms with Gasteiger partial charge in [-0.05, 0) is 18.2 Å². The summed E-state index contributed by atoms with van der Waals surface area (Å²) in [4.78, 5) is 10.9. The molecule has 1 rings (SSSR count). The molecule has 1 atom stereocenters. The summed E-state index contributed by atoms with van der Waals surface area (Å²) in [5.74, 6) is -1.09. The van der Waals surface area contributed by atoms with Crippen molar-refractivity contribution in [2.45, 2.75) is 11.7 Å². The number of hydrogen-bond donors (Lipinski definition) is 1. The predicted octanol–water partition coefficient (Wildman–Crippen LogP) is 2.05. The Labute approximate surface area is 86.2 Å². The van der Waals surface area contributed by atoms with Crippen molar-refractivity contribution < 1.29 is 14.0 Å². The topological polar surface area (TPSA) is 37.3 Å². The number of carboxylic acid groups (broad SMARTS) is 1. The maximum atomic E-state index is 10.9. The van der Waals surface area contributed by atoms with Gasteiger partial charge in [-0.15, -0.1) is 11.8 Å². The lowest BCUT2D eigenvalue weighted by Gasteiger charge is -2.08. The Hall–Kier alpha value is -0.960. The second-order valence-electron chi connectivity index (χ2n) is 2.63. The maximum Gasteiger partial charge on any atom is 0.316 e. The number of hydrogen-bond acceptors (Lipinski definition) is 2. The number of aliphatic carboxylic acids is 1. The van der Waals surface area contributed by atoms with Gasteiger partial charge in [-0.25, -0.2) is 0 Å². The third kappa shape index (κ3) is 3.11. The third-order valence-corrected chi connectivity index (χ3v) is 2.33. The highest BCUT2D eigenvalue weighted by atomic mass is 32.2. The van der Waals surface area contributed by atoms with Gasteiger partial charge in [-0.2, -0.15) is 0 Å². The van der Waals surface area contributed by atoms with E-state index in [1.54, 1.807) is 24.3 Å². The molecule has 0 spiro atoms. The Bertz CT molecular complexity index is 351. The van der Waals surface area contributed by atoms with Crippen molar-refractivity contribution >= 4 is 17.7 Å². The lowest BCUT2D eigenvalue weighted by molar-refractivity contribution is -0.136. The number of rotatable bonds is 4. The van der Waals surface area contributed by atoms with Crippen LogP contribution in [-0.4, -0.2) is 22.5 Å². The van der Waals surface area contributed by atoms with Crippen LogP contribution in [0.1, 0.15) is 9.68 Å². The van der Waals surface area contributed by atoms with Crippen LogP contribution in [0.5, 0.6) is 0 Å². The Balaban J connectivity index is 2.70. The fraction of sp³-hybridized carbons (Fsp3) is 0.300. The van der Waals surface area contributed by atoms with E-state index >= 15 is 0 Å². The molecule has 3 heteroatoms. The summed E-state index contributed by atoms with van der Waals surface area (Å²) in [7, 11) is 0. The molecule has 2 nitrogen and oxygen atoms in total. The van der Waals surface area contributed by atoms with Crippen LogP contribution < -0.4 is 0 Å². The number of carboxylic acids is 1. The molecule has 1 aromatic rings. The molecule has 0 amide bonds. The van der Waals surface area contributed by atoms with E-state index < -0.39 is 17.4 Å². The fourth-order valence-electron chi connectivity index (χ4n) is 1.01. The molecule has 0 heterocycles. The second kappa shape index (κ2) is 4.92. The quantitative estimate of drug-likeness (QED) is 0.806. The molecular formula is C10H12O2S. The van der Waals surface area contributed by atoms with E-state index in [-0.39, 0.29) is 6.42 Å². The number of carbonyl (C=O) groups is 1. The number of benzene rings is 1. The van der Waals surface area contributed by atoms with Gasteiger partial charge in [-0.3, -0.25) is 4.79 Å². The highest BCUT2D eigenvalue weighted by Gasteiger charge is 2.15. The maximum absolute atomic E-state index is 10.9. The molecule has 0 fully saturated rings. The average molecular weight is 199 g/mol. The summed E-state index contributed by atoms with van der Waals surface area (Å²) in [6.07, 6.45) is -2.06. The molecule has 0 aliphatic heterocycles. The van der Waals surface area contributed by atoms with E-state index in [9.17, 15) is 4.79 Å².